The van der Waals surface area contributed by atoms with Gasteiger partial charge in [-0.05, 0) is 43.4 Å². The van der Waals surface area contributed by atoms with Gasteiger partial charge in [0.05, 0.1) is 0 Å². The lowest BCUT2D eigenvalue weighted by molar-refractivity contribution is 0.170. The fourth-order valence-electron chi connectivity index (χ4n) is 2.37. The van der Waals surface area contributed by atoms with Crippen molar-refractivity contribution in [1.29, 1.82) is 0 Å². The fraction of sp³-hybridized carbons (Fsp3) is 0.818. The van der Waals surface area contributed by atoms with E-state index >= 15 is 0 Å². The molecule has 0 bridgehead atoms. The molecule has 0 nitrogen and oxygen atoms in total. The van der Waals surface area contributed by atoms with E-state index in [1.54, 1.807) is 5.57 Å². The van der Waals surface area contributed by atoms with Gasteiger partial charge in [-0.15, -0.1) is 0 Å². The lowest BCUT2D eigenvalue weighted by Gasteiger charge is -2.43. The molecule has 0 spiro atoms. The molecule has 0 radical (unpaired) electrons. The third kappa shape index (κ3) is 1.04. The van der Waals surface area contributed by atoms with E-state index in [9.17, 15) is 0 Å². The van der Waals surface area contributed by atoms with Crippen LogP contribution < -0.4 is 0 Å². The minimum Gasteiger partial charge on any atom is -0.0990 e. The minimum atomic E-state index is 0.612. The summed E-state index contributed by atoms with van der Waals surface area (Å²) < 4.78 is 0. The van der Waals surface area contributed by atoms with Gasteiger partial charge in [0.25, 0.3) is 0 Å². The van der Waals surface area contributed by atoms with E-state index in [0.29, 0.717) is 5.41 Å². The molecule has 0 N–H and O–H groups in total. The van der Waals surface area contributed by atoms with Crippen LogP contribution in [-0.4, -0.2) is 0 Å². The summed E-state index contributed by atoms with van der Waals surface area (Å²) in [4.78, 5) is 0. The van der Waals surface area contributed by atoms with Crippen molar-refractivity contribution in [2.75, 3.05) is 0 Å². The van der Waals surface area contributed by atoms with Crippen LogP contribution in [0.5, 0.6) is 0 Å². The first-order valence-electron chi connectivity index (χ1n) is 4.98. The second kappa shape index (κ2) is 2.36. The molecule has 0 amide bonds. The summed E-state index contributed by atoms with van der Waals surface area (Å²) >= 11 is 0. The standard InChI is InChI=1S/C11H18/c1-3-11(7-4-8-11)9(2)10-5-6-10/h10H,2-8H2,1H3. The molecule has 2 saturated carbocycles. The third-order valence-electron chi connectivity index (χ3n) is 3.74. The second-order valence-corrected chi connectivity index (χ2v) is 4.29. The second-order valence-electron chi connectivity index (χ2n) is 4.29. The van der Waals surface area contributed by atoms with Gasteiger partial charge in [0.15, 0.2) is 0 Å². The van der Waals surface area contributed by atoms with Gasteiger partial charge >= 0.3 is 0 Å². The van der Waals surface area contributed by atoms with Crippen LogP contribution in [0.2, 0.25) is 0 Å². The summed E-state index contributed by atoms with van der Waals surface area (Å²) in [5, 5.41) is 0. The van der Waals surface area contributed by atoms with Crippen molar-refractivity contribution in [1.82, 2.24) is 0 Å². The first kappa shape index (κ1) is 7.39. The van der Waals surface area contributed by atoms with Crippen molar-refractivity contribution in [3.05, 3.63) is 12.2 Å². The molecule has 62 valence electrons. The monoisotopic (exact) mass is 150 g/mol. The summed E-state index contributed by atoms with van der Waals surface area (Å²) in [6.07, 6.45) is 8.50. The SMILES string of the molecule is C=C(C1CC1)C1(CC)CCC1. The molecule has 0 heterocycles. The largest absolute Gasteiger partial charge is 0.0990 e. The van der Waals surface area contributed by atoms with Crippen LogP contribution in [0.1, 0.15) is 45.4 Å². The zero-order valence-corrected chi connectivity index (χ0v) is 7.53. The first-order valence-corrected chi connectivity index (χ1v) is 4.98. The molecule has 0 atom stereocenters. The third-order valence-corrected chi connectivity index (χ3v) is 3.74. The summed E-state index contributed by atoms with van der Waals surface area (Å²) in [7, 11) is 0. The maximum absolute atomic E-state index is 4.28. The van der Waals surface area contributed by atoms with Crippen molar-refractivity contribution in [3.8, 4) is 0 Å². The molecule has 0 aromatic heterocycles. The van der Waals surface area contributed by atoms with Crippen molar-refractivity contribution in [2.45, 2.75) is 45.4 Å². The molecule has 0 aliphatic heterocycles. The molecule has 2 aliphatic carbocycles. The van der Waals surface area contributed by atoms with E-state index in [2.05, 4.69) is 13.5 Å². The van der Waals surface area contributed by atoms with Gasteiger partial charge in [-0.2, -0.15) is 0 Å². The molecule has 2 rings (SSSR count). The van der Waals surface area contributed by atoms with Crippen molar-refractivity contribution in [2.24, 2.45) is 11.3 Å². The quantitative estimate of drug-likeness (QED) is 0.540. The Bertz CT molecular complexity index is 165. The van der Waals surface area contributed by atoms with Crippen LogP contribution in [0.15, 0.2) is 12.2 Å². The van der Waals surface area contributed by atoms with Crippen LogP contribution in [-0.2, 0) is 0 Å². The van der Waals surface area contributed by atoms with E-state index < -0.39 is 0 Å². The predicted octanol–water partition coefficient (Wildman–Crippen LogP) is 3.53. The highest BCUT2D eigenvalue weighted by Gasteiger charge is 2.43. The summed E-state index contributed by atoms with van der Waals surface area (Å²) in [5.41, 5.74) is 2.22. The number of hydrogen-bond donors (Lipinski definition) is 0. The molecule has 2 fully saturated rings. The van der Waals surface area contributed by atoms with Gasteiger partial charge in [-0.3, -0.25) is 0 Å². The lowest BCUT2D eigenvalue weighted by atomic mass is 9.62. The van der Waals surface area contributed by atoms with E-state index in [0.717, 1.165) is 5.92 Å². The van der Waals surface area contributed by atoms with Crippen molar-refractivity contribution in [3.63, 3.8) is 0 Å². The Hall–Kier alpha value is -0.260. The molecular formula is C11H18. The van der Waals surface area contributed by atoms with Gasteiger partial charge < -0.3 is 0 Å². The number of allylic oxidation sites excluding steroid dienone is 1. The highest BCUT2D eigenvalue weighted by Crippen LogP contribution is 2.55. The molecular weight excluding hydrogens is 132 g/mol. The Morgan fingerprint density at radius 2 is 2.09 bits per heavy atom. The van der Waals surface area contributed by atoms with Crippen molar-refractivity contribution < 1.29 is 0 Å². The number of rotatable bonds is 3. The Morgan fingerprint density at radius 1 is 1.45 bits per heavy atom. The van der Waals surface area contributed by atoms with E-state index in [1.807, 2.05) is 0 Å². The Morgan fingerprint density at radius 3 is 2.36 bits per heavy atom. The average molecular weight is 150 g/mol. The molecule has 0 unspecified atom stereocenters. The summed E-state index contributed by atoms with van der Waals surface area (Å²) in [6.45, 7) is 6.61. The van der Waals surface area contributed by atoms with Gasteiger partial charge in [0, 0.05) is 0 Å². The van der Waals surface area contributed by atoms with Gasteiger partial charge in [0.2, 0.25) is 0 Å². The Labute approximate surface area is 69.7 Å². The predicted molar refractivity (Wildman–Crippen MR) is 48.4 cm³/mol. The maximum atomic E-state index is 4.28. The Balaban J connectivity index is 2.04. The van der Waals surface area contributed by atoms with Crippen molar-refractivity contribution >= 4 is 0 Å². The van der Waals surface area contributed by atoms with E-state index in [4.69, 9.17) is 0 Å². The molecule has 0 heteroatoms. The van der Waals surface area contributed by atoms with E-state index in [-0.39, 0.29) is 0 Å². The molecule has 11 heavy (non-hydrogen) atoms. The number of hydrogen-bond acceptors (Lipinski definition) is 0. The van der Waals surface area contributed by atoms with Gasteiger partial charge in [0.1, 0.15) is 0 Å². The van der Waals surface area contributed by atoms with Crippen LogP contribution in [0.25, 0.3) is 0 Å². The molecule has 0 aromatic rings. The van der Waals surface area contributed by atoms with Crippen LogP contribution in [0.4, 0.5) is 0 Å². The smallest absolute Gasteiger partial charge is 0.00906 e. The van der Waals surface area contributed by atoms with Crippen LogP contribution in [0, 0.1) is 11.3 Å². The molecule has 0 aromatic carbocycles. The van der Waals surface area contributed by atoms with Crippen LogP contribution in [0.3, 0.4) is 0 Å². The summed E-state index contributed by atoms with van der Waals surface area (Å²) in [6, 6.07) is 0. The molecule has 0 saturated heterocycles. The van der Waals surface area contributed by atoms with Gasteiger partial charge in [-0.1, -0.05) is 25.5 Å². The zero-order chi connectivity index (χ0) is 7.90. The minimum absolute atomic E-state index is 0.612. The van der Waals surface area contributed by atoms with E-state index in [1.165, 1.54) is 38.5 Å². The first-order chi connectivity index (χ1) is 5.28. The van der Waals surface area contributed by atoms with Crippen LogP contribution >= 0.6 is 0 Å². The lowest BCUT2D eigenvalue weighted by Crippen LogP contribution is -2.31. The highest BCUT2D eigenvalue weighted by molar-refractivity contribution is 5.21. The maximum Gasteiger partial charge on any atom is -0.00906 e. The molecule has 2 aliphatic rings. The normalized spacial score (nSPS) is 27.7. The summed E-state index contributed by atoms with van der Waals surface area (Å²) in [5.74, 6) is 0.926. The van der Waals surface area contributed by atoms with Gasteiger partial charge in [-0.25, -0.2) is 0 Å². The average Bonchev–Trinajstić information content (AvgIpc) is 2.66. The highest BCUT2D eigenvalue weighted by atomic mass is 14.5. The fourth-order valence-corrected chi connectivity index (χ4v) is 2.37. The topological polar surface area (TPSA) is 0 Å². The Kier molecular flexibility index (Phi) is 1.59. The zero-order valence-electron chi connectivity index (χ0n) is 7.53.